The van der Waals surface area contributed by atoms with Crippen LogP contribution in [0.4, 0.5) is 5.69 Å². The van der Waals surface area contributed by atoms with E-state index in [2.05, 4.69) is 0 Å². The molecule has 0 saturated heterocycles. The summed E-state index contributed by atoms with van der Waals surface area (Å²) < 4.78 is 11.0. The van der Waals surface area contributed by atoms with Gasteiger partial charge in [0.2, 0.25) is 0 Å². The normalized spacial score (nSPS) is 13.6. The summed E-state index contributed by atoms with van der Waals surface area (Å²) >= 11 is 5.82. The van der Waals surface area contributed by atoms with E-state index in [4.69, 9.17) is 21.1 Å². The van der Waals surface area contributed by atoms with Crippen LogP contribution in [-0.4, -0.2) is 25.7 Å². The van der Waals surface area contributed by atoms with Crippen LogP contribution in [0.1, 0.15) is 0 Å². The Morgan fingerprint density at radius 1 is 1.14 bits per heavy atom. The van der Waals surface area contributed by atoms with Gasteiger partial charge >= 0.3 is 0 Å². The molecule has 0 aliphatic carbocycles. The minimum absolute atomic E-state index is 0.0617. The third kappa shape index (κ3) is 3.11. The molecule has 0 aromatic heterocycles. The van der Waals surface area contributed by atoms with Gasteiger partial charge in [0.05, 0.1) is 12.2 Å². The molecule has 1 heterocycles. The van der Waals surface area contributed by atoms with Crippen molar-refractivity contribution in [2.75, 3.05) is 24.7 Å². The number of hydrogen-bond donors (Lipinski definition) is 0. The molecule has 1 aliphatic rings. The second kappa shape index (κ2) is 6.06. The maximum Gasteiger partial charge on any atom is 0.265 e. The Hall–Kier alpha value is -2.20. The van der Waals surface area contributed by atoms with Crippen LogP contribution in [0.15, 0.2) is 48.5 Å². The molecule has 4 nitrogen and oxygen atoms in total. The van der Waals surface area contributed by atoms with Crippen molar-refractivity contribution >= 4 is 23.2 Å². The van der Waals surface area contributed by atoms with Crippen molar-refractivity contribution < 1.29 is 14.3 Å². The van der Waals surface area contributed by atoms with Crippen molar-refractivity contribution in [3.63, 3.8) is 0 Å². The van der Waals surface area contributed by atoms with Gasteiger partial charge in [-0.15, -0.1) is 0 Å². The summed E-state index contributed by atoms with van der Waals surface area (Å²) in [5.74, 6) is 1.39. The second-order valence-corrected chi connectivity index (χ2v) is 5.04. The zero-order valence-electron chi connectivity index (χ0n) is 11.3. The van der Waals surface area contributed by atoms with E-state index in [0.717, 1.165) is 17.2 Å². The first-order valence-corrected chi connectivity index (χ1v) is 7.02. The minimum Gasteiger partial charge on any atom is -0.492 e. The van der Waals surface area contributed by atoms with Crippen molar-refractivity contribution in [1.82, 2.24) is 0 Å². The molecule has 0 bridgehead atoms. The lowest BCUT2D eigenvalue weighted by Gasteiger charge is -2.29. The molecular weight excluding hydrogens is 290 g/mol. The van der Waals surface area contributed by atoms with Gasteiger partial charge in [-0.25, -0.2) is 0 Å². The average Bonchev–Trinajstić information content (AvgIpc) is 2.51. The summed E-state index contributed by atoms with van der Waals surface area (Å²) in [7, 11) is 0. The molecule has 1 amide bonds. The Bertz CT molecular complexity index is 642. The van der Waals surface area contributed by atoms with Gasteiger partial charge in [-0.1, -0.05) is 23.7 Å². The van der Waals surface area contributed by atoms with Crippen LogP contribution in [-0.2, 0) is 4.79 Å². The number of halogens is 1. The molecule has 5 heteroatoms. The van der Waals surface area contributed by atoms with Gasteiger partial charge < -0.3 is 14.4 Å². The lowest BCUT2D eigenvalue weighted by atomic mass is 10.2. The Morgan fingerprint density at radius 2 is 1.90 bits per heavy atom. The quantitative estimate of drug-likeness (QED) is 0.871. The van der Waals surface area contributed by atoms with Crippen molar-refractivity contribution in [3.05, 3.63) is 53.6 Å². The van der Waals surface area contributed by atoms with E-state index >= 15 is 0 Å². The Kier molecular flexibility index (Phi) is 3.97. The highest BCUT2D eigenvalue weighted by Gasteiger charge is 2.24. The van der Waals surface area contributed by atoms with Gasteiger partial charge in [0.25, 0.3) is 5.91 Å². The zero-order chi connectivity index (χ0) is 14.7. The summed E-state index contributed by atoms with van der Waals surface area (Å²) in [4.78, 5) is 13.7. The van der Waals surface area contributed by atoms with Gasteiger partial charge in [-0.3, -0.25) is 4.79 Å². The lowest BCUT2D eigenvalue weighted by Crippen LogP contribution is -2.41. The Balaban J connectivity index is 1.65. The molecule has 108 valence electrons. The molecule has 2 aromatic rings. The molecule has 2 aromatic carbocycles. The number of nitrogens with zero attached hydrogens (tertiary/aromatic N) is 1. The molecule has 0 radical (unpaired) electrons. The Labute approximate surface area is 127 Å². The number of amides is 1. The van der Waals surface area contributed by atoms with Crippen molar-refractivity contribution in [1.29, 1.82) is 0 Å². The highest BCUT2D eigenvalue weighted by molar-refractivity contribution is 6.30. The number of benzene rings is 2. The van der Waals surface area contributed by atoms with Gasteiger partial charge in [-0.05, 0) is 36.4 Å². The van der Waals surface area contributed by atoms with Gasteiger partial charge in [-0.2, -0.15) is 0 Å². The average molecular weight is 304 g/mol. The van der Waals surface area contributed by atoms with Crippen LogP contribution < -0.4 is 14.4 Å². The SMILES string of the molecule is O=C1COc2ccccc2N1CCOc1ccc(Cl)cc1. The number of carbonyl (C=O) groups is 1. The van der Waals surface area contributed by atoms with Crippen molar-refractivity contribution in [3.8, 4) is 11.5 Å². The third-order valence-electron chi connectivity index (χ3n) is 3.21. The minimum atomic E-state index is -0.0617. The molecule has 0 N–H and O–H groups in total. The zero-order valence-corrected chi connectivity index (χ0v) is 12.0. The summed E-state index contributed by atoms with van der Waals surface area (Å²) in [6, 6.07) is 14.6. The standard InChI is InChI=1S/C16H14ClNO3/c17-12-5-7-13(8-6-12)20-10-9-18-14-3-1-2-4-15(14)21-11-16(18)19/h1-8H,9-11H2. The van der Waals surface area contributed by atoms with Crippen molar-refractivity contribution in [2.45, 2.75) is 0 Å². The first kappa shape index (κ1) is 13.8. The molecule has 1 aliphatic heterocycles. The van der Waals surface area contributed by atoms with E-state index < -0.39 is 0 Å². The van der Waals surface area contributed by atoms with Crippen LogP contribution >= 0.6 is 11.6 Å². The van der Waals surface area contributed by atoms with Crippen LogP contribution in [0, 0.1) is 0 Å². The molecule has 3 rings (SSSR count). The summed E-state index contributed by atoms with van der Waals surface area (Å²) in [6.07, 6.45) is 0. The summed E-state index contributed by atoms with van der Waals surface area (Å²) in [5.41, 5.74) is 0.786. The topological polar surface area (TPSA) is 38.8 Å². The number of carbonyl (C=O) groups excluding carboxylic acids is 1. The van der Waals surface area contributed by atoms with E-state index in [1.165, 1.54) is 0 Å². The molecule has 0 atom stereocenters. The van der Waals surface area contributed by atoms with E-state index in [-0.39, 0.29) is 12.5 Å². The number of para-hydroxylation sites is 2. The smallest absolute Gasteiger partial charge is 0.265 e. The lowest BCUT2D eigenvalue weighted by molar-refractivity contribution is -0.121. The number of fused-ring (bicyclic) bond motifs is 1. The maximum atomic E-state index is 12.0. The van der Waals surface area contributed by atoms with Crippen LogP contribution in [0.2, 0.25) is 5.02 Å². The van der Waals surface area contributed by atoms with E-state index in [1.54, 1.807) is 29.2 Å². The highest BCUT2D eigenvalue weighted by Crippen LogP contribution is 2.31. The number of rotatable bonds is 4. The predicted octanol–water partition coefficient (Wildman–Crippen LogP) is 3.14. The van der Waals surface area contributed by atoms with Crippen LogP contribution in [0.25, 0.3) is 0 Å². The van der Waals surface area contributed by atoms with Crippen LogP contribution in [0.3, 0.4) is 0 Å². The monoisotopic (exact) mass is 303 g/mol. The first-order chi connectivity index (χ1) is 10.2. The van der Waals surface area contributed by atoms with Gasteiger partial charge in [0.1, 0.15) is 18.1 Å². The number of ether oxygens (including phenoxy) is 2. The molecule has 21 heavy (non-hydrogen) atoms. The molecule has 0 spiro atoms. The van der Waals surface area contributed by atoms with Crippen LogP contribution in [0.5, 0.6) is 11.5 Å². The number of hydrogen-bond acceptors (Lipinski definition) is 3. The number of anilines is 1. The van der Waals surface area contributed by atoms with Gasteiger partial charge in [0.15, 0.2) is 6.61 Å². The summed E-state index contributed by atoms with van der Waals surface area (Å²) in [5, 5.41) is 0.666. The largest absolute Gasteiger partial charge is 0.492 e. The second-order valence-electron chi connectivity index (χ2n) is 4.60. The summed E-state index contributed by atoms with van der Waals surface area (Å²) in [6.45, 7) is 0.946. The first-order valence-electron chi connectivity index (χ1n) is 6.64. The third-order valence-corrected chi connectivity index (χ3v) is 3.46. The fraction of sp³-hybridized carbons (Fsp3) is 0.188. The molecule has 0 saturated carbocycles. The fourth-order valence-corrected chi connectivity index (χ4v) is 2.31. The Morgan fingerprint density at radius 3 is 2.71 bits per heavy atom. The van der Waals surface area contributed by atoms with E-state index in [0.29, 0.717) is 18.2 Å². The van der Waals surface area contributed by atoms with Crippen molar-refractivity contribution in [2.24, 2.45) is 0 Å². The molecule has 0 unspecified atom stereocenters. The fourth-order valence-electron chi connectivity index (χ4n) is 2.18. The van der Waals surface area contributed by atoms with E-state index in [9.17, 15) is 4.79 Å². The highest BCUT2D eigenvalue weighted by atomic mass is 35.5. The molecule has 0 fully saturated rings. The predicted molar refractivity (Wildman–Crippen MR) is 81.2 cm³/mol. The van der Waals surface area contributed by atoms with Gasteiger partial charge in [0, 0.05) is 5.02 Å². The van der Waals surface area contributed by atoms with E-state index in [1.807, 2.05) is 24.3 Å². The maximum absolute atomic E-state index is 12.0. The molecular formula is C16H14ClNO3.